The first-order valence-corrected chi connectivity index (χ1v) is 10.8. The zero-order valence-electron chi connectivity index (χ0n) is 19.3. The van der Waals surface area contributed by atoms with E-state index in [0.29, 0.717) is 13.0 Å². The first-order valence-electron chi connectivity index (χ1n) is 10.8. The van der Waals surface area contributed by atoms with Crippen LogP contribution in [0.15, 0.2) is 48.5 Å². The molecule has 3 N–H and O–H groups in total. The molecule has 0 aliphatic rings. The predicted molar refractivity (Wildman–Crippen MR) is 124 cm³/mol. The molecule has 178 valence electrons. The maximum Gasteiger partial charge on any atom is 0.328 e. The third-order valence-corrected chi connectivity index (χ3v) is 5.27. The fraction of sp³-hybridized carbons (Fsp3) is 0.400. The Morgan fingerprint density at radius 3 is 2.33 bits per heavy atom. The van der Waals surface area contributed by atoms with Crippen LogP contribution in [0.2, 0.25) is 0 Å². The van der Waals surface area contributed by atoms with E-state index in [2.05, 4.69) is 10.6 Å². The molecular weight excluding hydrogens is 424 g/mol. The number of amides is 1. The zero-order valence-corrected chi connectivity index (χ0v) is 19.3. The van der Waals surface area contributed by atoms with Gasteiger partial charge in [0, 0.05) is 6.42 Å². The molecule has 0 aromatic heterocycles. The number of nitrogens with one attached hydrogen (secondary N) is 2. The third kappa shape index (κ3) is 8.57. The van der Waals surface area contributed by atoms with Crippen molar-refractivity contribution >= 4 is 17.8 Å². The van der Waals surface area contributed by atoms with Gasteiger partial charge in [0.2, 0.25) is 5.91 Å². The van der Waals surface area contributed by atoms with E-state index in [-0.39, 0.29) is 6.42 Å². The molecule has 1 amide bonds. The van der Waals surface area contributed by atoms with Gasteiger partial charge in [-0.05, 0) is 49.1 Å². The Morgan fingerprint density at radius 2 is 1.73 bits per heavy atom. The molecule has 0 saturated carbocycles. The molecule has 0 fully saturated rings. The van der Waals surface area contributed by atoms with Gasteiger partial charge < -0.3 is 25.2 Å². The average molecular weight is 457 g/mol. The van der Waals surface area contributed by atoms with Crippen LogP contribution in [0.1, 0.15) is 29.5 Å². The SMILES string of the molecule is COC(=O)[C@H](Cc1ccccc1)NC(=O)[C@H](CC(=O)O)NCCCc1ccc(OC)c(C)c1. The van der Waals surface area contributed by atoms with Crippen LogP contribution in [0.25, 0.3) is 0 Å². The van der Waals surface area contributed by atoms with E-state index in [4.69, 9.17) is 9.47 Å². The number of benzene rings is 2. The van der Waals surface area contributed by atoms with Crippen molar-refractivity contribution in [1.29, 1.82) is 0 Å². The number of carbonyl (C=O) groups is 3. The summed E-state index contributed by atoms with van der Waals surface area (Å²) in [5, 5.41) is 14.9. The summed E-state index contributed by atoms with van der Waals surface area (Å²) in [6, 6.07) is 13.3. The largest absolute Gasteiger partial charge is 0.496 e. The number of aryl methyl sites for hydroxylation is 2. The number of rotatable bonds is 13. The minimum absolute atomic E-state index is 0.246. The van der Waals surface area contributed by atoms with Crippen LogP contribution in [0, 0.1) is 6.92 Å². The standard InChI is InChI=1S/C25H32N2O6/c1-17-14-19(11-12-22(17)32-2)10-7-13-26-20(16-23(28)29)24(30)27-21(25(31)33-3)15-18-8-5-4-6-9-18/h4-6,8-9,11-12,14,20-21,26H,7,10,13,15-16H2,1-3H3,(H,27,30)(H,28,29)/t20-,21-/m0/s1. The first kappa shape index (κ1) is 25.9. The van der Waals surface area contributed by atoms with Gasteiger partial charge in [-0.2, -0.15) is 0 Å². The highest BCUT2D eigenvalue weighted by Gasteiger charge is 2.27. The highest BCUT2D eigenvalue weighted by molar-refractivity contribution is 5.90. The quantitative estimate of drug-likeness (QED) is 0.313. The van der Waals surface area contributed by atoms with Crippen molar-refractivity contribution in [1.82, 2.24) is 10.6 Å². The normalized spacial score (nSPS) is 12.5. The highest BCUT2D eigenvalue weighted by Crippen LogP contribution is 2.19. The van der Waals surface area contributed by atoms with E-state index >= 15 is 0 Å². The van der Waals surface area contributed by atoms with Gasteiger partial charge in [0.15, 0.2) is 0 Å². The van der Waals surface area contributed by atoms with E-state index in [1.807, 2.05) is 55.5 Å². The van der Waals surface area contributed by atoms with Crippen molar-refractivity contribution in [3.05, 3.63) is 65.2 Å². The van der Waals surface area contributed by atoms with Crippen LogP contribution in [-0.4, -0.2) is 55.8 Å². The number of ether oxygens (including phenoxy) is 2. The smallest absolute Gasteiger partial charge is 0.328 e. The lowest BCUT2D eigenvalue weighted by Crippen LogP contribution is -2.52. The Morgan fingerprint density at radius 1 is 1.00 bits per heavy atom. The maximum atomic E-state index is 12.8. The van der Waals surface area contributed by atoms with Crippen molar-refractivity contribution in [2.45, 2.75) is 44.7 Å². The Bertz CT molecular complexity index is 932. The molecule has 8 nitrogen and oxygen atoms in total. The summed E-state index contributed by atoms with van der Waals surface area (Å²) in [6.45, 7) is 2.42. The molecular formula is C25H32N2O6. The average Bonchev–Trinajstić information content (AvgIpc) is 2.80. The van der Waals surface area contributed by atoms with Gasteiger partial charge >= 0.3 is 11.9 Å². The molecule has 0 aliphatic heterocycles. The van der Waals surface area contributed by atoms with Gasteiger partial charge in [0.25, 0.3) is 0 Å². The minimum atomic E-state index is -1.11. The molecule has 0 unspecified atom stereocenters. The fourth-order valence-corrected chi connectivity index (χ4v) is 3.55. The molecule has 2 aromatic rings. The van der Waals surface area contributed by atoms with Crippen LogP contribution in [0.5, 0.6) is 5.75 Å². The van der Waals surface area contributed by atoms with E-state index in [0.717, 1.165) is 28.9 Å². The molecule has 33 heavy (non-hydrogen) atoms. The van der Waals surface area contributed by atoms with Crippen LogP contribution in [0.3, 0.4) is 0 Å². The number of carboxylic acids is 1. The zero-order chi connectivity index (χ0) is 24.2. The Hall–Kier alpha value is -3.39. The monoisotopic (exact) mass is 456 g/mol. The number of carboxylic acid groups (broad SMARTS) is 1. The first-order chi connectivity index (χ1) is 15.8. The molecule has 0 saturated heterocycles. The molecule has 2 atom stereocenters. The molecule has 0 heterocycles. The van der Waals surface area contributed by atoms with Crippen molar-refractivity contribution in [3.63, 3.8) is 0 Å². The molecule has 0 bridgehead atoms. The summed E-state index contributed by atoms with van der Waals surface area (Å²) in [7, 11) is 2.88. The summed E-state index contributed by atoms with van der Waals surface area (Å²) in [6.07, 6.45) is 1.32. The Kier molecular flexibility index (Phi) is 10.4. The van der Waals surface area contributed by atoms with Crippen LogP contribution in [0.4, 0.5) is 0 Å². The summed E-state index contributed by atoms with van der Waals surface area (Å²) < 4.78 is 10.1. The molecule has 2 rings (SSSR count). The topological polar surface area (TPSA) is 114 Å². The van der Waals surface area contributed by atoms with Gasteiger partial charge in [-0.15, -0.1) is 0 Å². The summed E-state index contributed by atoms with van der Waals surface area (Å²) in [4.78, 5) is 36.3. The highest BCUT2D eigenvalue weighted by atomic mass is 16.5. The molecule has 8 heteroatoms. The fourth-order valence-electron chi connectivity index (χ4n) is 3.55. The number of esters is 1. The molecule has 0 aliphatic carbocycles. The Labute approximate surface area is 194 Å². The molecule has 0 spiro atoms. The molecule has 0 radical (unpaired) electrons. The number of aliphatic carboxylic acids is 1. The van der Waals surface area contributed by atoms with Crippen molar-refractivity contribution in [3.8, 4) is 5.75 Å². The number of hydrogen-bond acceptors (Lipinski definition) is 6. The van der Waals surface area contributed by atoms with Crippen LogP contribution < -0.4 is 15.4 Å². The van der Waals surface area contributed by atoms with E-state index in [1.165, 1.54) is 7.11 Å². The van der Waals surface area contributed by atoms with Crippen LogP contribution in [-0.2, 0) is 32.0 Å². The Balaban J connectivity index is 1.95. The summed E-state index contributed by atoms with van der Waals surface area (Å²) >= 11 is 0. The van der Waals surface area contributed by atoms with Gasteiger partial charge in [-0.1, -0.05) is 42.5 Å². The lowest BCUT2D eigenvalue weighted by atomic mass is 10.0. The molecule has 2 aromatic carbocycles. The lowest BCUT2D eigenvalue weighted by Gasteiger charge is -2.21. The van der Waals surface area contributed by atoms with Gasteiger partial charge in [0.1, 0.15) is 11.8 Å². The summed E-state index contributed by atoms with van der Waals surface area (Å²) in [5.74, 6) is -1.42. The second-order valence-electron chi connectivity index (χ2n) is 7.79. The van der Waals surface area contributed by atoms with Gasteiger partial charge in [-0.3, -0.25) is 9.59 Å². The number of methoxy groups -OCH3 is 2. The van der Waals surface area contributed by atoms with Gasteiger partial charge in [-0.25, -0.2) is 4.79 Å². The maximum absolute atomic E-state index is 12.8. The van der Waals surface area contributed by atoms with Crippen LogP contribution >= 0.6 is 0 Å². The van der Waals surface area contributed by atoms with Crippen molar-refractivity contribution in [2.75, 3.05) is 20.8 Å². The number of carbonyl (C=O) groups excluding carboxylic acids is 2. The second kappa shape index (κ2) is 13.2. The number of hydrogen-bond donors (Lipinski definition) is 3. The van der Waals surface area contributed by atoms with E-state index < -0.39 is 36.4 Å². The van der Waals surface area contributed by atoms with E-state index in [9.17, 15) is 19.5 Å². The lowest BCUT2D eigenvalue weighted by molar-refractivity contribution is -0.145. The third-order valence-electron chi connectivity index (χ3n) is 5.27. The predicted octanol–water partition coefficient (Wildman–Crippen LogP) is 2.27. The summed E-state index contributed by atoms with van der Waals surface area (Å²) in [5.41, 5.74) is 3.02. The second-order valence-corrected chi connectivity index (χ2v) is 7.79. The minimum Gasteiger partial charge on any atom is -0.496 e. The van der Waals surface area contributed by atoms with E-state index in [1.54, 1.807) is 7.11 Å². The van der Waals surface area contributed by atoms with Crippen molar-refractivity contribution < 1.29 is 29.0 Å². The van der Waals surface area contributed by atoms with Crippen molar-refractivity contribution in [2.24, 2.45) is 0 Å². The van der Waals surface area contributed by atoms with Gasteiger partial charge in [0.05, 0.1) is 26.7 Å².